The molecule has 1 amide bonds. The molecule has 0 unspecified atom stereocenters. The Morgan fingerprint density at radius 1 is 1.14 bits per heavy atom. The van der Waals surface area contributed by atoms with E-state index in [0.717, 1.165) is 5.56 Å². The first-order valence-electron chi connectivity index (χ1n) is 11.4. The number of ether oxygens (including phenoxy) is 3. The molecule has 1 N–H and O–H groups in total. The van der Waals surface area contributed by atoms with E-state index >= 15 is 0 Å². The summed E-state index contributed by atoms with van der Waals surface area (Å²) in [5.41, 5.74) is 2.07. The van der Waals surface area contributed by atoms with Crippen LogP contribution in [0, 0.1) is 0 Å². The summed E-state index contributed by atoms with van der Waals surface area (Å²) < 4.78 is 16.5. The van der Waals surface area contributed by atoms with Gasteiger partial charge in [-0.1, -0.05) is 23.7 Å². The Balaban J connectivity index is 1.45. The summed E-state index contributed by atoms with van der Waals surface area (Å²) in [5, 5.41) is 22.4. The van der Waals surface area contributed by atoms with Crippen LogP contribution in [-0.4, -0.2) is 62.8 Å². The molecule has 2 aromatic heterocycles. The summed E-state index contributed by atoms with van der Waals surface area (Å²) in [6, 6.07) is 17.2. The fraction of sp³-hybridized carbons (Fsp3) is 0.240. The number of hydrogen-bond donors (Lipinski definition) is 1. The molecule has 0 aliphatic carbocycles. The standard InChI is InChI=1S/C25H23ClN6O5/c1-35-22-10-5-17(14-27-22)24-28-30-31(29-24)15-21-23(16-3-2-4-20(13-16)36-12-11-33)32(25(34)37-21)19-8-6-18(26)7-9-19/h2-10,13-14,21,23,33H,11-12,15H2,1H3/t21-,23-/m0/s1. The highest BCUT2D eigenvalue weighted by atomic mass is 35.5. The summed E-state index contributed by atoms with van der Waals surface area (Å²) in [4.78, 5) is 20.2. The lowest BCUT2D eigenvalue weighted by Gasteiger charge is -2.25. The van der Waals surface area contributed by atoms with Gasteiger partial charge in [0.15, 0.2) is 0 Å². The lowest BCUT2D eigenvalue weighted by atomic mass is 9.99. The van der Waals surface area contributed by atoms with E-state index in [0.29, 0.717) is 33.7 Å². The molecular formula is C25H23ClN6O5. The Hall–Kier alpha value is -4.22. The molecule has 1 saturated heterocycles. The van der Waals surface area contributed by atoms with Crippen molar-refractivity contribution in [3.05, 3.63) is 77.4 Å². The zero-order valence-electron chi connectivity index (χ0n) is 19.8. The van der Waals surface area contributed by atoms with Crippen LogP contribution in [-0.2, 0) is 11.3 Å². The van der Waals surface area contributed by atoms with E-state index in [1.165, 1.54) is 11.9 Å². The summed E-state index contributed by atoms with van der Waals surface area (Å²) in [7, 11) is 1.54. The molecule has 4 aromatic rings. The van der Waals surface area contributed by atoms with E-state index < -0.39 is 18.2 Å². The van der Waals surface area contributed by atoms with Gasteiger partial charge < -0.3 is 19.3 Å². The Labute approximate surface area is 217 Å². The van der Waals surface area contributed by atoms with Gasteiger partial charge >= 0.3 is 6.09 Å². The number of pyridine rings is 1. The third-order valence-electron chi connectivity index (χ3n) is 5.74. The van der Waals surface area contributed by atoms with Crippen molar-refractivity contribution in [2.24, 2.45) is 0 Å². The third kappa shape index (κ3) is 5.32. The second kappa shape index (κ2) is 10.8. The summed E-state index contributed by atoms with van der Waals surface area (Å²) in [6.45, 7) is 0.192. The van der Waals surface area contributed by atoms with Crippen LogP contribution in [0.25, 0.3) is 11.4 Å². The zero-order valence-corrected chi connectivity index (χ0v) is 20.5. The number of tetrazole rings is 1. The molecule has 11 nitrogen and oxygen atoms in total. The number of rotatable bonds is 9. The van der Waals surface area contributed by atoms with E-state index in [4.69, 9.17) is 30.9 Å². The molecule has 0 saturated carbocycles. The van der Waals surface area contributed by atoms with Gasteiger partial charge in [-0.3, -0.25) is 4.90 Å². The highest BCUT2D eigenvalue weighted by molar-refractivity contribution is 6.30. The number of carbonyl (C=O) groups excluding carboxylic acids is 1. The lowest BCUT2D eigenvalue weighted by Crippen LogP contribution is -2.31. The maximum atomic E-state index is 13.1. The monoisotopic (exact) mass is 522 g/mol. The summed E-state index contributed by atoms with van der Waals surface area (Å²) in [5.74, 6) is 1.42. The number of nitrogens with zero attached hydrogens (tertiary/aromatic N) is 6. The van der Waals surface area contributed by atoms with Crippen molar-refractivity contribution in [1.29, 1.82) is 0 Å². The minimum Gasteiger partial charge on any atom is -0.491 e. The van der Waals surface area contributed by atoms with E-state index in [1.807, 2.05) is 18.2 Å². The predicted molar refractivity (Wildman–Crippen MR) is 134 cm³/mol. The molecule has 190 valence electrons. The lowest BCUT2D eigenvalue weighted by molar-refractivity contribution is 0.114. The predicted octanol–water partition coefficient (Wildman–Crippen LogP) is 3.53. The van der Waals surface area contributed by atoms with Crippen LogP contribution < -0.4 is 14.4 Å². The normalized spacial score (nSPS) is 17.1. The number of aromatic nitrogens is 5. The number of anilines is 1. The van der Waals surface area contributed by atoms with Gasteiger partial charge in [-0.2, -0.15) is 4.80 Å². The SMILES string of the molecule is COc1ccc(-c2nnn(C[C@@H]3OC(=O)N(c4ccc(Cl)cc4)[C@H]3c3cccc(OCCO)c3)n2)cn1. The molecule has 12 heteroatoms. The van der Waals surface area contributed by atoms with Crippen molar-refractivity contribution in [2.45, 2.75) is 18.7 Å². The van der Waals surface area contributed by atoms with Gasteiger partial charge in [-0.15, -0.1) is 10.2 Å². The van der Waals surface area contributed by atoms with Crippen LogP contribution in [0.1, 0.15) is 11.6 Å². The fourth-order valence-electron chi connectivity index (χ4n) is 4.08. The Morgan fingerprint density at radius 2 is 1.97 bits per heavy atom. The maximum Gasteiger partial charge on any atom is 0.415 e. The van der Waals surface area contributed by atoms with E-state index in [1.54, 1.807) is 53.6 Å². The van der Waals surface area contributed by atoms with Crippen LogP contribution in [0.4, 0.5) is 10.5 Å². The molecule has 37 heavy (non-hydrogen) atoms. The number of methoxy groups -OCH3 is 1. The fourth-order valence-corrected chi connectivity index (χ4v) is 4.21. The second-order valence-corrected chi connectivity index (χ2v) is 8.55. The first-order valence-corrected chi connectivity index (χ1v) is 11.8. The molecule has 5 rings (SSSR count). The number of amides is 1. The van der Waals surface area contributed by atoms with E-state index in [-0.39, 0.29) is 19.8 Å². The molecule has 2 atom stereocenters. The third-order valence-corrected chi connectivity index (χ3v) is 6.00. The maximum absolute atomic E-state index is 13.1. The second-order valence-electron chi connectivity index (χ2n) is 8.12. The van der Waals surface area contributed by atoms with Crippen molar-refractivity contribution in [3.8, 4) is 23.0 Å². The van der Waals surface area contributed by atoms with Crippen LogP contribution in [0.2, 0.25) is 5.02 Å². The van der Waals surface area contributed by atoms with Crippen LogP contribution >= 0.6 is 11.6 Å². The van der Waals surface area contributed by atoms with Crippen molar-refractivity contribution in [2.75, 3.05) is 25.2 Å². The van der Waals surface area contributed by atoms with E-state index in [9.17, 15) is 4.79 Å². The van der Waals surface area contributed by atoms with Crippen molar-refractivity contribution < 1.29 is 24.1 Å². The smallest absolute Gasteiger partial charge is 0.415 e. The average molecular weight is 523 g/mol. The number of halogens is 1. The summed E-state index contributed by atoms with van der Waals surface area (Å²) >= 11 is 6.07. The quantitative estimate of drug-likeness (QED) is 0.351. The van der Waals surface area contributed by atoms with Crippen molar-refractivity contribution in [3.63, 3.8) is 0 Å². The Bertz CT molecular complexity index is 1360. The molecule has 0 bridgehead atoms. The van der Waals surface area contributed by atoms with Crippen molar-refractivity contribution in [1.82, 2.24) is 25.2 Å². The topological polar surface area (TPSA) is 125 Å². The molecular weight excluding hydrogens is 500 g/mol. The Morgan fingerprint density at radius 3 is 2.70 bits per heavy atom. The molecule has 3 heterocycles. The first-order chi connectivity index (χ1) is 18.1. The molecule has 1 aliphatic rings. The molecule has 0 spiro atoms. The van der Waals surface area contributed by atoms with Gasteiger partial charge in [0.05, 0.1) is 13.7 Å². The van der Waals surface area contributed by atoms with E-state index in [2.05, 4.69) is 20.4 Å². The first kappa shape index (κ1) is 24.5. The minimum absolute atomic E-state index is 0.112. The minimum atomic E-state index is -0.646. The number of cyclic esters (lactones) is 1. The van der Waals surface area contributed by atoms with Crippen LogP contribution in [0.3, 0.4) is 0 Å². The highest BCUT2D eigenvalue weighted by Crippen LogP contribution is 2.39. The zero-order chi connectivity index (χ0) is 25.8. The Kier molecular flexibility index (Phi) is 7.15. The molecule has 2 aromatic carbocycles. The van der Waals surface area contributed by atoms with Crippen molar-refractivity contribution >= 4 is 23.4 Å². The van der Waals surface area contributed by atoms with Gasteiger partial charge in [-0.25, -0.2) is 9.78 Å². The number of carbonyl (C=O) groups is 1. The van der Waals surface area contributed by atoms with Gasteiger partial charge in [0.25, 0.3) is 0 Å². The molecule has 1 fully saturated rings. The number of aliphatic hydroxyl groups excluding tert-OH is 1. The number of hydrogen-bond acceptors (Lipinski definition) is 9. The molecule has 1 aliphatic heterocycles. The van der Waals surface area contributed by atoms with Gasteiger partial charge in [0.2, 0.25) is 11.7 Å². The number of aliphatic hydroxyl groups is 1. The highest BCUT2D eigenvalue weighted by Gasteiger charge is 2.44. The largest absolute Gasteiger partial charge is 0.491 e. The van der Waals surface area contributed by atoms with Crippen LogP contribution in [0.15, 0.2) is 66.9 Å². The summed E-state index contributed by atoms with van der Waals surface area (Å²) in [6.07, 6.45) is 0.435. The van der Waals surface area contributed by atoms with Gasteiger partial charge in [0.1, 0.15) is 31.0 Å². The van der Waals surface area contributed by atoms with Gasteiger partial charge in [-0.05, 0) is 53.2 Å². The molecule has 0 radical (unpaired) electrons. The van der Waals surface area contributed by atoms with Gasteiger partial charge in [0, 0.05) is 28.5 Å². The van der Waals surface area contributed by atoms with Crippen LogP contribution in [0.5, 0.6) is 11.6 Å². The average Bonchev–Trinajstić information content (AvgIpc) is 3.52. The number of benzene rings is 2.